The van der Waals surface area contributed by atoms with Crippen molar-refractivity contribution in [1.82, 2.24) is 9.55 Å². The fraction of sp³-hybridized carbons (Fsp3) is 0.0455. The molecule has 25 heavy (non-hydrogen) atoms. The van der Waals surface area contributed by atoms with Crippen molar-refractivity contribution in [2.75, 3.05) is 0 Å². The van der Waals surface area contributed by atoms with Crippen LogP contribution in [-0.4, -0.2) is 9.55 Å². The minimum Gasteiger partial charge on any atom is -0.344 e. The third-order valence-electron chi connectivity index (χ3n) is 4.67. The average molecular weight is 340 g/mol. The van der Waals surface area contributed by atoms with Crippen LogP contribution in [0.2, 0.25) is 0 Å². The van der Waals surface area contributed by atoms with Gasteiger partial charge in [0.2, 0.25) is 0 Å². The lowest BCUT2D eigenvalue weighted by atomic mass is 10.1. The zero-order valence-electron chi connectivity index (χ0n) is 13.8. The van der Waals surface area contributed by atoms with E-state index in [0.29, 0.717) is 0 Å². The molecule has 0 N–H and O–H groups in total. The second-order valence-corrected chi connectivity index (χ2v) is 7.27. The van der Waals surface area contributed by atoms with Crippen molar-refractivity contribution in [3.05, 3.63) is 77.3 Å². The van der Waals surface area contributed by atoms with E-state index < -0.39 is 0 Å². The largest absolute Gasteiger partial charge is 0.344 e. The highest BCUT2D eigenvalue weighted by molar-refractivity contribution is 7.19. The van der Waals surface area contributed by atoms with Crippen LogP contribution < -0.4 is 0 Å². The average Bonchev–Trinajstić information content (AvgIpc) is 3.20. The number of benzene rings is 3. The van der Waals surface area contributed by atoms with Gasteiger partial charge < -0.3 is 4.57 Å². The topological polar surface area (TPSA) is 17.8 Å². The van der Waals surface area contributed by atoms with E-state index in [1.165, 1.54) is 32.1 Å². The summed E-state index contributed by atoms with van der Waals surface area (Å²) in [5.41, 5.74) is 4.79. The molecule has 0 aliphatic carbocycles. The van der Waals surface area contributed by atoms with Gasteiger partial charge in [0.1, 0.15) is 5.01 Å². The Hall–Kier alpha value is -2.91. The van der Waals surface area contributed by atoms with Gasteiger partial charge in [-0.15, -0.1) is 11.3 Å². The molecule has 120 valence electrons. The highest BCUT2D eigenvalue weighted by Crippen LogP contribution is 2.29. The Balaban J connectivity index is 1.59. The van der Waals surface area contributed by atoms with Crippen molar-refractivity contribution >= 4 is 55.5 Å². The third-order valence-corrected chi connectivity index (χ3v) is 5.67. The van der Waals surface area contributed by atoms with Crippen molar-refractivity contribution in [3.63, 3.8) is 0 Å². The van der Waals surface area contributed by atoms with E-state index in [2.05, 4.69) is 89.4 Å². The van der Waals surface area contributed by atoms with Crippen LogP contribution in [0.4, 0.5) is 0 Å². The van der Waals surface area contributed by atoms with Crippen molar-refractivity contribution in [2.45, 2.75) is 0 Å². The Morgan fingerprint density at radius 3 is 2.56 bits per heavy atom. The molecule has 0 aliphatic heterocycles. The first-order valence-electron chi connectivity index (χ1n) is 8.30. The number of hydrogen-bond donors (Lipinski definition) is 0. The zero-order valence-corrected chi connectivity index (χ0v) is 14.6. The van der Waals surface area contributed by atoms with E-state index in [1.54, 1.807) is 11.3 Å². The Kier molecular flexibility index (Phi) is 3.22. The molecule has 0 amide bonds. The number of rotatable bonds is 2. The predicted molar refractivity (Wildman–Crippen MR) is 109 cm³/mol. The lowest BCUT2D eigenvalue weighted by Crippen LogP contribution is -1.85. The van der Waals surface area contributed by atoms with Gasteiger partial charge in [-0.2, -0.15) is 0 Å². The molecular weight excluding hydrogens is 324 g/mol. The molecule has 2 nitrogen and oxygen atoms in total. The van der Waals surface area contributed by atoms with Crippen molar-refractivity contribution < 1.29 is 0 Å². The second kappa shape index (κ2) is 5.57. The Morgan fingerprint density at radius 2 is 1.64 bits per heavy atom. The molecule has 0 saturated carbocycles. The van der Waals surface area contributed by atoms with E-state index in [-0.39, 0.29) is 0 Å². The summed E-state index contributed by atoms with van der Waals surface area (Å²) in [5.74, 6) is 0. The standard InChI is InChI=1S/C22H16N2S/c1-24-19-8-4-2-6-16(19)17-14-15(10-12-20(17)24)11-13-22-23-18-7-3-5-9-21(18)25-22/h2-14H,1H3. The van der Waals surface area contributed by atoms with E-state index in [1.807, 2.05) is 6.07 Å². The summed E-state index contributed by atoms with van der Waals surface area (Å²) in [6, 6.07) is 23.5. The predicted octanol–water partition coefficient (Wildman–Crippen LogP) is 6.11. The van der Waals surface area contributed by atoms with Gasteiger partial charge in [0.25, 0.3) is 0 Å². The van der Waals surface area contributed by atoms with E-state index in [4.69, 9.17) is 0 Å². The van der Waals surface area contributed by atoms with Crippen molar-refractivity contribution in [2.24, 2.45) is 7.05 Å². The van der Waals surface area contributed by atoms with E-state index in [0.717, 1.165) is 10.5 Å². The van der Waals surface area contributed by atoms with Gasteiger partial charge in [0.15, 0.2) is 0 Å². The molecular formula is C22H16N2S. The van der Waals surface area contributed by atoms with Crippen LogP contribution in [0.1, 0.15) is 10.6 Å². The van der Waals surface area contributed by atoms with Crippen LogP contribution in [0.5, 0.6) is 0 Å². The smallest absolute Gasteiger partial charge is 0.117 e. The Morgan fingerprint density at radius 1 is 0.840 bits per heavy atom. The van der Waals surface area contributed by atoms with Gasteiger partial charge in [0, 0.05) is 28.9 Å². The summed E-state index contributed by atoms with van der Waals surface area (Å²) >= 11 is 1.72. The molecule has 0 fully saturated rings. The number of thiazole rings is 1. The van der Waals surface area contributed by atoms with E-state index in [9.17, 15) is 0 Å². The summed E-state index contributed by atoms with van der Waals surface area (Å²) < 4.78 is 3.48. The van der Waals surface area contributed by atoms with Crippen LogP contribution in [0.25, 0.3) is 44.2 Å². The molecule has 2 aromatic heterocycles. The Labute approximate surface area is 149 Å². The number of aryl methyl sites for hydroxylation is 1. The normalized spacial score (nSPS) is 12.0. The number of nitrogens with zero attached hydrogens (tertiary/aromatic N) is 2. The van der Waals surface area contributed by atoms with Crippen LogP contribution in [-0.2, 0) is 7.05 Å². The highest BCUT2D eigenvalue weighted by Gasteiger charge is 2.07. The van der Waals surface area contributed by atoms with Gasteiger partial charge in [-0.25, -0.2) is 4.98 Å². The molecule has 0 radical (unpaired) electrons. The van der Waals surface area contributed by atoms with Crippen LogP contribution in [0, 0.1) is 0 Å². The molecule has 0 aliphatic rings. The SMILES string of the molecule is Cn1c2ccccc2c2cc(C=Cc3nc4ccccc4s3)ccc21. The lowest BCUT2D eigenvalue weighted by Gasteiger charge is -1.98. The molecule has 0 saturated heterocycles. The minimum atomic E-state index is 1.04. The van der Waals surface area contributed by atoms with E-state index >= 15 is 0 Å². The quantitative estimate of drug-likeness (QED) is 0.379. The molecule has 5 rings (SSSR count). The van der Waals surface area contributed by atoms with Gasteiger partial charge in [-0.1, -0.05) is 42.5 Å². The molecule has 2 heterocycles. The van der Waals surface area contributed by atoms with Crippen LogP contribution in [0.3, 0.4) is 0 Å². The maximum Gasteiger partial charge on any atom is 0.117 e. The number of hydrogen-bond acceptors (Lipinski definition) is 2. The summed E-state index contributed by atoms with van der Waals surface area (Å²) in [4.78, 5) is 4.67. The van der Waals surface area contributed by atoms with Gasteiger partial charge in [0.05, 0.1) is 10.2 Å². The summed E-state index contributed by atoms with van der Waals surface area (Å²) in [5, 5.41) is 3.64. The van der Waals surface area contributed by atoms with Crippen molar-refractivity contribution in [1.29, 1.82) is 0 Å². The Bertz CT molecular complexity index is 1220. The molecule has 0 bridgehead atoms. The highest BCUT2D eigenvalue weighted by atomic mass is 32.1. The molecule has 3 heteroatoms. The molecule has 0 spiro atoms. The fourth-order valence-corrected chi connectivity index (χ4v) is 4.29. The van der Waals surface area contributed by atoms with Gasteiger partial charge in [-0.05, 0) is 42.0 Å². The van der Waals surface area contributed by atoms with Crippen molar-refractivity contribution in [3.8, 4) is 0 Å². The van der Waals surface area contributed by atoms with Gasteiger partial charge >= 0.3 is 0 Å². The first-order valence-corrected chi connectivity index (χ1v) is 9.12. The van der Waals surface area contributed by atoms with Gasteiger partial charge in [-0.3, -0.25) is 0 Å². The number of fused-ring (bicyclic) bond motifs is 4. The number of para-hydroxylation sites is 2. The summed E-state index contributed by atoms with van der Waals surface area (Å²) in [7, 11) is 2.13. The summed E-state index contributed by atoms with van der Waals surface area (Å²) in [6.07, 6.45) is 4.26. The first kappa shape index (κ1) is 14.4. The molecule has 5 aromatic rings. The lowest BCUT2D eigenvalue weighted by molar-refractivity contribution is 1.01. The fourth-order valence-electron chi connectivity index (χ4n) is 3.42. The summed E-state index contributed by atoms with van der Waals surface area (Å²) in [6.45, 7) is 0. The third kappa shape index (κ3) is 2.36. The molecule has 0 atom stereocenters. The maximum absolute atomic E-state index is 4.67. The number of aromatic nitrogens is 2. The molecule has 0 unspecified atom stereocenters. The molecule has 3 aromatic carbocycles. The minimum absolute atomic E-state index is 1.04. The zero-order chi connectivity index (χ0) is 16.8. The second-order valence-electron chi connectivity index (χ2n) is 6.21. The van der Waals surface area contributed by atoms with Crippen LogP contribution >= 0.6 is 11.3 Å². The first-order chi connectivity index (χ1) is 12.3. The maximum atomic E-state index is 4.67. The van der Waals surface area contributed by atoms with Crippen LogP contribution in [0.15, 0.2) is 66.7 Å². The monoisotopic (exact) mass is 340 g/mol.